The Labute approximate surface area is 142 Å². The number of anilines is 1. The van der Waals surface area contributed by atoms with Gasteiger partial charge in [-0.3, -0.25) is 14.9 Å². The molecule has 0 spiro atoms. The topological polar surface area (TPSA) is 87.5 Å². The van der Waals surface area contributed by atoms with E-state index in [-0.39, 0.29) is 36.1 Å². The maximum absolute atomic E-state index is 12.3. The standard InChI is InChI=1S/C15H22N4O3.ClH/c1-11-12(2)18(10-9-16-11)15(20)7-8-17-13-5-3-4-6-14(13)19(21)22;/h3-6,11-12,16-17H,7-10H2,1-2H3;1H. The first-order valence-corrected chi connectivity index (χ1v) is 7.51. The third-order valence-electron chi connectivity index (χ3n) is 4.11. The molecule has 7 nitrogen and oxygen atoms in total. The second kappa shape index (κ2) is 8.69. The lowest BCUT2D eigenvalue weighted by Gasteiger charge is -2.38. The Hall–Kier alpha value is -1.86. The van der Waals surface area contributed by atoms with Gasteiger partial charge in [-0.05, 0) is 19.9 Å². The average Bonchev–Trinajstić information content (AvgIpc) is 2.50. The first-order chi connectivity index (χ1) is 10.5. The van der Waals surface area contributed by atoms with Crippen molar-refractivity contribution in [2.75, 3.05) is 25.0 Å². The molecule has 2 unspecified atom stereocenters. The molecule has 0 radical (unpaired) electrons. The molecule has 0 aliphatic carbocycles. The van der Waals surface area contributed by atoms with Gasteiger partial charge in [0.15, 0.2) is 0 Å². The van der Waals surface area contributed by atoms with E-state index in [0.717, 1.165) is 6.54 Å². The predicted molar refractivity (Wildman–Crippen MR) is 92.1 cm³/mol. The Morgan fingerprint density at radius 3 is 2.83 bits per heavy atom. The van der Waals surface area contributed by atoms with Gasteiger partial charge < -0.3 is 15.5 Å². The Balaban J connectivity index is 0.00000264. The Kier molecular flexibility index (Phi) is 7.25. The zero-order valence-corrected chi connectivity index (χ0v) is 14.1. The van der Waals surface area contributed by atoms with Crippen LogP contribution in [-0.4, -0.2) is 47.4 Å². The van der Waals surface area contributed by atoms with Gasteiger partial charge in [0, 0.05) is 44.2 Å². The summed E-state index contributed by atoms with van der Waals surface area (Å²) in [6, 6.07) is 6.89. The van der Waals surface area contributed by atoms with Gasteiger partial charge >= 0.3 is 0 Å². The molecule has 1 amide bonds. The summed E-state index contributed by atoms with van der Waals surface area (Å²) in [7, 11) is 0. The minimum absolute atomic E-state index is 0. The number of carbonyl (C=O) groups excluding carboxylic acids is 1. The van der Waals surface area contributed by atoms with E-state index >= 15 is 0 Å². The molecule has 2 rings (SSSR count). The number of nitrogens with one attached hydrogen (secondary N) is 2. The van der Waals surface area contributed by atoms with Gasteiger partial charge in [0.25, 0.3) is 5.69 Å². The van der Waals surface area contributed by atoms with Gasteiger partial charge in [-0.25, -0.2) is 0 Å². The maximum atomic E-state index is 12.3. The highest BCUT2D eigenvalue weighted by molar-refractivity contribution is 5.85. The minimum Gasteiger partial charge on any atom is -0.379 e. The molecule has 1 aliphatic rings. The van der Waals surface area contributed by atoms with Crippen molar-refractivity contribution in [3.63, 3.8) is 0 Å². The largest absolute Gasteiger partial charge is 0.379 e. The van der Waals surface area contributed by atoms with Crippen molar-refractivity contribution in [1.29, 1.82) is 0 Å². The van der Waals surface area contributed by atoms with Crippen LogP contribution in [0.15, 0.2) is 24.3 Å². The van der Waals surface area contributed by atoms with Crippen molar-refractivity contribution in [3.8, 4) is 0 Å². The van der Waals surface area contributed by atoms with Crippen molar-refractivity contribution in [2.45, 2.75) is 32.4 Å². The van der Waals surface area contributed by atoms with E-state index in [1.54, 1.807) is 18.2 Å². The van der Waals surface area contributed by atoms with Crippen molar-refractivity contribution < 1.29 is 9.72 Å². The number of nitro groups is 1. The number of piperazine rings is 1. The van der Waals surface area contributed by atoms with Crippen molar-refractivity contribution in [1.82, 2.24) is 10.2 Å². The van der Waals surface area contributed by atoms with Gasteiger partial charge in [-0.15, -0.1) is 12.4 Å². The maximum Gasteiger partial charge on any atom is 0.292 e. The molecule has 1 aromatic rings. The highest BCUT2D eigenvalue weighted by Crippen LogP contribution is 2.23. The normalized spacial score (nSPS) is 20.5. The van der Waals surface area contributed by atoms with Crippen LogP contribution in [0.25, 0.3) is 0 Å². The fraction of sp³-hybridized carbons (Fsp3) is 0.533. The zero-order chi connectivity index (χ0) is 16.1. The summed E-state index contributed by atoms with van der Waals surface area (Å²) in [4.78, 5) is 24.7. The molecule has 0 bridgehead atoms. The number of benzene rings is 1. The summed E-state index contributed by atoms with van der Waals surface area (Å²) in [6.45, 7) is 5.99. The van der Waals surface area contributed by atoms with E-state index < -0.39 is 4.92 Å². The SMILES string of the molecule is CC1NCCN(C(=O)CCNc2ccccc2[N+](=O)[O-])C1C.Cl. The summed E-state index contributed by atoms with van der Waals surface area (Å²) < 4.78 is 0. The fourth-order valence-corrected chi connectivity index (χ4v) is 2.64. The molecule has 128 valence electrons. The number of nitrogens with zero attached hydrogens (tertiary/aromatic N) is 2. The van der Waals surface area contributed by atoms with E-state index in [2.05, 4.69) is 17.6 Å². The molecule has 1 aromatic carbocycles. The van der Waals surface area contributed by atoms with E-state index in [1.807, 2.05) is 11.8 Å². The fourth-order valence-electron chi connectivity index (χ4n) is 2.64. The zero-order valence-electron chi connectivity index (χ0n) is 13.3. The molecule has 23 heavy (non-hydrogen) atoms. The van der Waals surface area contributed by atoms with E-state index in [9.17, 15) is 14.9 Å². The van der Waals surface area contributed by atoms with E-state index in [4.69, 9.17) is 0 Å². The molecule has 8 heteroatoms. The van der Waals surface area contributed by atoms with Crippen LogP contribution in [0.2, 0.25) is 0 Å². The molecular weight excluding hydrogens is 320 g/mol. The van der Waals surface area contributed by atoms with E-state index in [1.165, 1.54) is 6.07 Å². The van der Waals surface area contributed by atoms with Crippen molar-refractivity contribution >= 4 is 29.7 Å². The van der Waals surface area contributed by atoms with Crippen LogP contribution in [-0.2, 0) is 4.79 Å². The molecule has 0 saturated carbocycles. The van der Waals surface area contributed by atoms with Crippen LogP contribution >= 0.6 is 12.4 Å². The third-order valence-corrected chi connectivity index (χ3v) is 4.11. The van der Waals surface area contributed by atoms with E-state index in [0.29, 0.717) is 25.2 Å². The molecule has 2 atom stereocenters. The first kappa shape index (κ1) is 19.2. The van der Waals surface area contributed by atoms with Gasteiger partial charge in [0.1, 0.15) is 5.69 Å². The van der Waals surface area contributed by atoms with Crippen LogP contribution in [0.1, 0.15) is 20.3 Å². The Morgan fingerprint density at radius 2 is 2.13 bits per heavy atom. The number of hydrogen-bond acceptors (Lipinski definition) is 5. The van der Waals surface area contributed by atoms with Crippen LogP contribution in [0.5, 0.6) is 0 Å². The van der Waals surface area contributed by atoms with Crippen molar-refractivity contribution in [3.05, 3.63) is 34.4 Å². The highest BCUT2D eigenvalue weighted by Gasteiger charge is 2.27. The first-order valence-electron chi connectivity index (χ1n) is 7.51. The summed E-state index contributed by atoms with van der Waals surface area (Å²) in [5.74, 6) is 0.0759. The van der Waals surface area contributed by atoms with Gasteiger partial charge in [-0.2, -0.15) is 0 Å². The smallest absolute Gasteiger partial charge is 0.292 e. The van der Waals surface area contributed by atoms with Crippen molar-refractivity contribution in [2.24, 2.45) is 0 Å². The third kappa shape index (κ3) is 4.80. The number of rotatable bonds is 5. The molecule has 1 aliphatic heterocycles. The lowest BCUT2D eigenvalue weighted by Crippen LogP contribution is -2.57. The van der Waals surface area contributed by atoms with Crippen LogP contribution in [0.3, 0.4) is 0 Å². The Bertz CT molecular complexity index is 555. The number of hydrogen-bond donors (Lipinski definition) is 2. The lowest BCUT2D eigenvalue weighted by molar-refractivity contribution is -0.384. The molecule has 1 saturated heterocycles. The number of nitro benzene ring substituents is 1. The molecule has 1 fully saturated rings. The lowest BCUT2D eigenvalue weighted by atomic mass is 10.1. The number of amides is 1. The number of halogens is 1. The molecule has 1 heterocycles. The summed E-state index contributed by atoms with van der Waals surface area (Å²) in [5.41, 5.74) is 0.473. The Morgan fingerprint density at radius 1 is 1.43 bits per heavy atom. The van der Waals surface area contributed by atoms with Crippen LogP contribution < -0.4 is 10.6 Å². The molecule has 2 N–H and O–H groups in total. The quantitative estimate of drug-likeness (QED) is 0.631. The molecule has 0 aromatic heterocycles. The highest BCUT2D eigenvalue weighted by atomic mass is 35.5. The number of para-hydroxylation sites is 2. The van der Waals surface area contributed by atoms with Gasteiger partial charge in [-0.1, -0.05) is 12.1 Å². The second-order valence-corrected chi connectivity index (χ2v) is 5.52. The predicted octanol–water partition coefficient (Wildman–Crippen LogP) is 2.03. The summed E-state index contributed by atoms with van der Waals surface area (Å²) in [6.07, 6.45) is 0.323. The summed E-state index contributed by atoms with van der Waals surface area (Å²) in [5, 5.41) is 17.2. The minimum atomic E-state index is -0.426. The summed E-state index contributed by atoms with van der Waals surface area (Å²) >= 11 is 0. The van der Waals surface area contributed by atoms with Gasteiger partial charge in [0.2, 0.25) is 5.91 Å². The van der Waals surface area contributed by atoms with Crippen LogP contribution in [0.4, 0.5) is 11.4 Å². The average molecular weight is 343 g/mol. The monoisotopic (exact) mass is 342 g/mol. The van der Waals surface area contributed by atoms with Crippen LogP contribution in [0, 0.1) is 10.1 Å². The van der Waals surface area contributed by atoms with Gasteiger partial charge in [0.05, 0.1) is 4.92 Å². The second-order valence-electron chi connectivity index (χ2n) is 5.52. The molecular formula is C15H23ClN4O3. The number of carbonyl (C=O) groups is 1.